The molecule has 2 aromatic rings. The minimum atomic E-state index is -0.355. The SMILES string of the molecule is CC(CO)NC(=O)C(c1ccccc1)c1ccccc1. The highest BCUT2D eigenvalue weighted by Crippen LogP contribution is 2.24. The van der Waals surface area contributed by atoms with Gasteiger partial charge in [-0.25, -0.2) is 0 Å². The van der Waals surface area contributed by atoms with Crippen LogP contribution in [0.15, 0.2) is 60.7 Å². The number of amides is 1. The van der Waals surface area contributed by atoms with Crippen molar-refractivity contribution in [2.45, 2.75) is 18.9 Å². The number of hydrogen-bond donors (Lipinski definition) is 2. The van der Waals surface area contributed by atoms with Crippen LogP contribution in [-0.2, 0) is 4.79 Å². The van der Waals surface area contributed by atoms with E-state index >= 15 is 0 Å². The van der Waals surface area contributed by atoms with Crippen LogP contribution in [0.1, 0.15) is 24.0 Å². The molecule has 3 nitrogen and oxygen atoms in total. The van der Waals surface area contributed by atoms with Crippen LogP contribution in [-0.4, -0.2) is 23.7 Å². The minimum Gasteiger partial charge on any atom is -0.394 e. The predicted octanol–water partition coefficient (Wildman–Crippen LogP) is 2.32. The van der Waals surface area contributed by atoms with E-state index in [1.54, 1.807) is 6.92 Å². The van der Waals surface area contributed by atoms with E-state index in [-0.39, 0.29) is 24.5 Å². The van der Waals surface area contributed by atoms with Gasteiger partial charge < -0.3 is 10.4 Å². The number of carbonyl (C=O) groups is 1. The Morgan fingerprint density at radius 2 is 1.45 bits per heavy atom. The summed E-state index contributed by atoms with van der Waals surface area (Å²) in [7, 11) is 0. The third kappa shape index (κ3) is 3.45. The Balaban J connectivity index is 2.33. The molecule has 2 N–H and O–H groups in total. The number of carbonyl (C=O) groups excluding carboxylic acids is 1. The average Bonchev–Trinajstić information content (AvgIpc) is 2.49. The Bertz CT molecular complexity index is 500. The largest absolute Gasteiger partial charge is 0.394 e. The van der Waals surface area contributed by atoms with Gasteiger partial charge in [-0.2, -0.15) is 0 Å². The zero-order valence-corrected chi connectivity index (χ0v) is 11.5. The molecule has 0 aromatic heterocycles. The third-order valence-electron chi connectivity index (χ3n) is 3.19. The van der Waals surface area contributed by atoms with Gasteiger partial charge in [0.1, 0.15) is 0 Å². The fourth-order valence-corrected chi connectivity index (χ4v) is 2.16. The van der Waals surface area contributed by atoms with Gasteiger partial charge in [0, 0.05) is 6.04 Å². The highest BCUT2D eigenvalue weighted by atomic mass is 16.3. The molecule has 1 atom stereocenters. The van der Waals surface area contributed by atoms with Crippen molar-refractivity contribution in [3.8, 4) is 0 Å². The first-order valence-electron chi connectivity index (χ1n) is 6.73. The number of hydrogen-bond acceptors (Lipinski definition) is 2. The lowest BCUT2D eigenvalue weighted by molar-refractivity contribution is -0.122. The standard InChI is InChI=1S/C17H19NO2/c1-13(12-19)18-17(20)16(14-8-4-2-5-9-14)15-10-6-3-7-11-15/h2-11,13,16,19H,12H2,1H3,(H,18,20). The zero-order chi connectivity index (χ0) is 14.4. The van der Waals surface area contributed by atoms with Crippen molar-refractivity contribution in [3.05, 3.63) is 71.8 Å². The normalized spacial score (nSPS) is 12.2. The number of benzene rings is 2. The molecule has 0 aliphatic rings. The molecule has 0 aliphatic carbocycles. The maximum Gasteiger partial charge on any atom is 0.232 e. The van der Waals surface area contributed by atoms with Crippen molar-refractivity contribution in [1.82, 2.24) is 5.32 Å². The Morgan fingerprint density at radius 1 is 1.00 bits per heavy atom. The molecule has 0 fully saturated rings. The van der Waals surface area contributed by atoms with Gasteiger partial charge in [0.05, 0.1) is 12.5 Å². The molecule has 104 valence electrons. The van der Waals surface area contributed by atoms with E-state index in [1.807, 2.05) is 60.7 Å². The molecule has 0 aliphatic heterocycles. The van der Waals surface area contributed by atoms with Crippen LogP contribution in [0, 0.1) is 0 Å². The number of nitrogens with one attached hydrogen (secondary N) is 1. The van der Waals surface area contributed by atoms with Gasteiger partial charge in [0.2, 0.25) is 5.91 Å². The van der Waals surface area contributed by atoms with E-state index in [4.69, 9.17) is 5.11 Å². The van der Waals surface area contributed by atoms with E-state index in [2.05, 4.69) is 5.32 Å². The molecule has 2 rings (SSSR count). The summed E-state index contributed by atoms with van der Waals surface area (Å²) in [6.07, 6.45) is 0. The summed E-state index contributed by atoms with van der Waals surface area (Å²) in [6, 6.07) is 19.1. The molecular weight excluding hydrogens is 250 g/mol. The molecule has 0 bridgehead atoms. The lowest BCUT2D eigenvalue weighted by atomic mass is 9.90. The van der Waals surface area contributed by atoms with Crippen LogP contribution in [0.2, 0.25) is 0 Å². The topological polar surface area (TPSA) is 49.3 Å². The summed E-state index contributed by atoms with van der Waals surface area (Å²) in [5.74, 6) is -0.449. The van der Waals surface area contributed by atoms with Crippen LogP contribution in [0.5, 0.6) is 0 Å². The van der Waals surface area contributed by atoms with E-state index in [9.17, 15) is 4.79 Å². The molecule has 20 heavy (non-hydrogen) atoms. The van der Waals surface area contributed by atoms with Crippen molar-refractivity contribution in [2.24, 2.45) is 0 Å². The predicted molar refractivity (Wildman–Crippen MR) is 79.4 cm³/mol. The second-order valence-electron chi connectivity index (χ2n) is 4.85. The Hall–Kier alpha value is -2.13. The highest BCUT2D eigenvalue weighted by molar-refractivity contribution is 5.87. The lowest BCUT2D eigenvalue weighted by Gasteiger charge is -2.20. The van der Waals surface area contributed by atoms with Crippen LogP contribution >= 0.6 is 0 Å². The average molecular weight is 269 g/mol. The molecule has 0 saturated carbocycles. The van der Waals surface area contributed by atoms with Crippen LogP contribution in [0.25, 0.3) is 0 Å². The first-order chi connectivity index (χ1) is 9.72. The van der Waals surface area contributed by atoms with Crippen molar-refractivity contribution in [2.75, 3.05) is 6.61 Å². The van der Waals surface area contributed by atoms with Crippen molar-refractivity contribution in [1.29, 1.82) is 0 Å². The van der Waals surface area contributed by atoms with Gasteiger partial charge in [-0.3, -0.25) is 4.79 Å². The van der Waals surface area contributed by atoms with Gasteiger partial charge in [0.15, 0.2) is 0 Å². The molecule has 0 radical (unpaired) electrons. The minimum absolute atomic E-state index is 0.0674. The maximum absolute atomic E-state index is 12.5. The molecule has 1 unspecified atom stereocenters. The fraction of sp³-hybridized carbons (Fsp3) is 0.235. The zero-order valence-electron chi connectivity index (χ0n) is 11.5. The Morgan fingerprint density at radius 3 is 1.85 bits per heavy atom. The molecule has 0 saturated heterocycles. The molecule has 0 heterocycles. The van der Waals surface area contributed by atoms with E-state index < -0.39 is 0 Å². The molecule has 0 spiro atoms. The van der Waals surface area contributed by atoms with Crippen molar-refractivity contribution >= 4 is 5.91 Å². The van der Waals surface area contributed by atoms with E-state index in [1.165, 1.54) is 0 Å². The summed E-state index contributed by atoms with van der Waals surface area (Å²) in [6.45, 7) is 1.72. The molecule has 1 amide bonds. The molecule has 3 heteroatoms. The Kier molecular flexibility index (Phi) is 4.91. The van der Waals surface area contributed by atoms with Gasteiger partial charge in [-0.1, -0.05) is 60.7 Å². The Labute approximate surface area is 119 Å². The number of aliphatic hydroxyl groups excluding tert-OH is 1. The van der Waals surface area contributed by atoms with Crippen LogP contribution < -0.4 is 5.32 Å². The second-order valence-corrected chi connectivity index (χ2v) is 4.85. The molecular formula is C17H19NO2. The van der Waals surface area contributed by atoms with Crippen molar-refractivity contribution in [3.63, 3.8) is 0 Å². The quantitative estimate of drug-likeness (QED) is 0.875. The fourth-order valence-electron chi connectivity index (χ4n) is 2.16. The first kappa shape index (κ1) is 14.3. The number of aliphatic hydroxyl groups is 1. The summed E-state index contributed by atoms with van der Waals surface area (Å²) >= 11 is 0. The number of rotatable bonds is 5. The van der Waals surface area contributed by atoms with Crippen LogP contribution in [0.4, 0.5) is 0 Å². The summed E-state index contributed by atoms with van der Waals surface area (Å²) in [5.41, 5.74) is 1.89. The van der Waals surface area contributed by atoms with Gasteiger partial charge in [0.25, 0.3) is 0 Å². The van der Waals surface area contributed by atoms with Crippen molar-refractivity contribution < 1.29 is 9.90 Å². The lowest BCUT2D eigenvalue weighted by Crippen LogP contribution is -2.38. The van der Waals surface area contributed by atoms with Gasteiger partial charge >= 0.3 is 0 Å². The van der Waals surface area contributed by atoms with Gasteiger partial charge in [-0.05, 0) is 18.1 Å². The first-order valence-corrected chi connectivity index (χ1v) is 6.73. The molecule has 2 aromatic carbocycles. The van der Waals surface area contributed by atoms with E-state index in [0.717, 1.165) is 11.1 Å². The summed E-state index contributed by atoms with van der Waals surface area (Å²) in [4.78, 5) is 12.5. The summed E-state index contributed by atoms with van der Waals surface area (Å²) in [5, 5.41) is 11.9. The smallest absolute Gasteiger partial charge is 0.232 e. The summed E-state index contributed by atoms with van der Waals surface area (Å²) < 4.78 is 0. The maximum atomic E-state index is 12.5. The van der Waals surface area contributed by atoms with E-state index in [0.29, 0.717) is 0 Å². The van der Waals surface area contributed by atoms with Crippen LogP contribution in [0.3, 0.4) is 0 Å². The third-order valence-corrected chi connectivity index (χ3v) is 3.19. The second kappa shape index (κ2) is 6.87. The highest BCUT2D eigenvalue weighted by Gasteiger charge is 2.23. The monoisotopic (exact) mass is 269 g/mol. The van der Waals surface area contributed by atoms with Gasteiger partial charge in [-0.15, -0.1) is 0 Å².